The predicted molar refractivity (Wildman–Crippen MR) is 66.5 cm³/mol. The Hall–Kier alpha value is -1.46. The van der Waals surface area contributed by atoms with Crippen molar-refractivity contribution in [2.45, 2.75) is 6.54 Å². The molecule has 0 bridgehead atoms. The van der Waals surface area contributed by atoms with Crippen LogP contribution in [0.5, 0.6) is 0 Å². The van der Waals surface area contributed by atoms with Crippen LogP contribution in [0.4, 0.5) is 0 Å². The molecule has 0 spiro atoms. The quantitative estimate of drug-likeness (QED) is 0.844. The van der Waals surface area contributed by atoms with Crippen molar-refractivity contribution in [1.29, 1.82) is 0 Å². The van der Waals surface area contributed by atoms with Crippen LogP contribution in [0.1, 0.15) is 11.4 Å². The first-order valence-corrected chi connectivity index (χ1v) is 5.37. The Balaban J connectivity index is 2.17. The van der Waals surface area contributed by atoms with Gasteiger partial charge in [-0.2, -0.15) is 0 Å². The lowest BCUT2D eigenvalue weighted by atomic mass is 10.2. The first-order valence-electron chi connectivity index (χ1n) is 4.59. The number of aromatic nitrogens is 3. The molecule has 6 heteroatoms. The lowest BCUT2D eigenvalue weighted by Gasteiger charge is -2.01. The highest BCUT2D eigenvalue weighted by molar-refractivity contribution is 7.80. The van der Waals surface area contributed by atoms with E-state index in [-0.39, 0.29) is 4.99 Å². The molecule has 16 heavy (non-hydrogen) atoms. The third-order valence-electron chi connectivity index (χ3n) is 1.99. The number of nitrogens with zero attached hydrogens (tertiary/aromatic N) is 3. The molecule has 2 rings (SSSR count). The van der Waals surface area contributed by atoms with Gasteiger partial charge in [-0.3, -0.25) is 0 Å². The molecule has 0 atom stereocenters. The van der Waals surface area contributed by atoms with Gasteiger partial charge in [0.05, 0.1) is 6.54 Å². The minimum Gasteiger partial charge on any atom is -0.387 e. The van der Waals surface area contributed by atoms with Gasteiger partial charge in [0.2, 0.25) is 5.82 Å². The van der Waals surface area contributed by atoms with Gasteiger partial charge in [-0.1, -0.05) is 36.0 Å². The Morgan fingerprint density at radius 1 is 1.50 bits per heavy atom. The Labute approximate surface area is 103 Å². The Morgan fingerprint density at radius 2 is 2.31 bits per heavy atom. The molecule has 0 aliphatic heterocycles. The summed E-state index contributed by atoms with van der Waals surface area (Å²) in [5, 5.41) is 4.83. The van der Waals surface area contributed by atoms with Crippen LogP contribution in [0, 0.1) is 0 Å². The van der Waals surface area contributed by atoms with Crippen molar-refractivity contribution in [3.8, 4) is 0 Å². The first-order chi connectivity index (χ1) is 7.65. The second-order valence-electron chi connectivity index (χ2n) is 3.26. The minimum absolute atomic E-state index is 0.199. The average Bonchev–Trinajstić information content (AvgIpc) is 2.66. The Morgan fingerprint density at radius 3 is 2.94 bits per heavy atom. The van der Waals surface area contributed by atoms with Gasteiger partial charge in [0.25, 0.3) is 0 Å². The summed E-state index contributed by atoms with van der Waals surface area (Å²) in [6, 6.07) is 7.56. The van der Waals surface area contributed by atoms with Crippen LogP contribution in [-0.2, 0) is 6.54 Å². The maximum Gasteiger partial charge on any atom is 0.208 e. The van der Waals surface area contributed by atoms with Crippen LogP contribution in [0.25, 0.3) is 0 Å². The minimum atomic E-state index is 0.199. The third kappa shape index (κ3) is 2.56. The summed E-state index contributed by atoms with van der Waals surface area (Å²) in [5.41, 5.74) is 6.46. The zero-order chi connectivity index (χ0) is 11.5. The van der Waals surface area contributed by atoms with E-state index in [1.165, 1.54) is 0 Å². The van der Waals surface area contributed by atoms with Crippen molar-refractivity contribution < 1.29 is 0 Å². The molecule has 1 aromatic carbocycles. The molecule has 0 radical (unpaired) electrons. The zero-order valence-electron chi connectivity index (χ0n) is 8.30. The molecular weight excluding hydrogens is 244 g/mol. The molecule has 82 valence electrons. The number of rotatable bonds is 3. The van der Waals surface area contributed by atoms with E-state index < -0.39 is 0 Å². The number of hydrogen-bond donors (Lipinski definition) is 1. The van der Waals surface area contributed by atoms with E-state index in [2.05, 4.69) is 10.1 Å². The Kier molecular flexibility index (Phi) is 3.17. The van der Waals surface area contributed by atoms with Crippen LogP contribution >= 0.6 is 23.8 Å². The van der Waals surface area contributed by atoms with Gasteiger partial charge in [-0.25, -0.2) is 9.67 Å². The fourth-order valence-corrected chi connectivity index (χ4v) is 1.61. The molecule has 2 aromatic rings. The highest BCUT2D eigenvalue weighted by Crippen LogP contribution is 2.11. The van der Waals surface area contributed by atoms with Crippen LogP contribution in [0.2, 0.25) is 5.02 Å². The monoisotopic (exact) mass is 252 g/mol. The summed E-state index contributed by atoms with van der Waals surface area (Å²) < 4.78 is 1.67. The van der Waals surface area contributed by atoms with E-state index >= 15 is 0 Å². The number of nitrogens with two attached hydrogens (primary N) is 1. The number of halogens is 1. The van der Waals surface area contributed by atoms with E-state index in [1.807, 2.05) is 24.3 Å². The van der Waals surface area contributed by atoms with Gasteiger partial charge in [0.1, 0.15) is 11.3 Å². The molecule has 0 unspecified atom stereocenters. The summed E-state index contributed by atoms with van der Waals surface area (Å²) in [6.07, 6.45) is 1.59. The molecule has 0 aliphatic rings. The molecule has 1 heterocycles. The second kappa shape index (κ2) is 4.59. The SMILES string of the molecule is NC(=S)c1ncn(Cc2cccc(Cl)c2)n1. The molecule has 2 N–H and O–H groups in total. The molecule has 0 aliphatic carbocycles. The van der Waals surface area contributed by atoms with E-state index in [4.69, 9.17) is 29.6 Å². The summed E-state index contributed by atoms with van der Waals surface area (Å²) in [4.78, 5) is 4.19. The van der Waals surface area contributed by atoms with Gasteiger partial charge in [0, 0.05) is 5.02 Å². The maximum absolute atomic E-state index is 5.88. The summed E-state index contributed by atoms with van der Waals surface area (Å²) in [7, 11) is 0. The lowest BCUT2D eigenvalue weighted by Crippen LogP contribution is -2.12. The average molecular weight is 253 g/mol. The Bertz CT molecular complexity index is 523. The lowest BCUT2D eigenvalue weighted by molar-refractivity contribution is 0.683. The predicted octanol–water partition coefficient (Wildman–Crippen LogP) is 1.61. The molecule has 0 saturated carbocycles. The molecule has 4 nitrogen and oxygen atoms in total. The van der Waals surface area contributed by atoms with Gasteiger partial charge in [-0.15, -0.1) is 5.10 Å². The van der Waals surface area contributed by atoms with Crippen LogP contribution in [-0.4, -0.2) is 19.8 Å². The van der Waals surface area contributed by atoms with E-state index in [0.29, 0.717) is 17.4 Å². The molecule has 0 saturated heterocycles. The van der Waals surface area contributed by atoms with Gasteiger partial charge in [-0.05, 0) is 17.7 Å². The second-order valence-corrected chi connectivity index (χ2v) is 4.14. The van der Waals surface area contributed by atoms with E-state index in [0.717, 1.165) is 5.56 Å². The normalized spacial score (nSPS) is 10.3. The fourth-order valence-electron chi connectivity index (χ4n) is 1.31. The van der Waals surface area contributed by atoms with Crippen LogP contribution < -0.4 is 5.73 Å². The standard InChI is InChI=1S/C10H9ClN4S/c11-8-3-1-2-7(4-8)5-15-6-13-10(14-15)9(12)16/h1-4,6H,5H2,(H2,12,16). The molecular formula is C10H9ClN4S. The number of hydrogen-bond acceptors (Lipinski definition) is 3. The largest absolute Gasteiger partial charge is 0.387 e. The maximum atomic E-state index is 5.88. The fraction of sp³-hybridized carbons (Fsp3) is 0.100. The van der Waals surface area contributed by atoms with Crippen molar-refractivity contribution in [3.05, 3.63) is 47.0 Å². The van der Waals surface area contributed by atoms with Gasteiger partial charge < -0.3 is 5.73 Å². The summed E-state index contributed by atoms with van der Waals surface area (Å²) in [6.45, 7) is 0.593. The van der Waals surface area contributed by atoms with Crippen molar-refractivity contribution in [2.75, 3.05) is 0 Å². The number of thiocarbonyl (C=S) groups is 1. The van der Waals surface area contributed by atoms with Gasteiger partial charge >= 0.3 is 0 Å². The third-order valence-corrected chi connectivity index (χ3v) is 2.41. The first kappa shape index (κ1) is 11.0. The van der Waals surface area contributed by atoms with E-state index in [1.54, 1.807) is 11.0 Å². The highest BCUT2D eigenvalue weighted by atomic mass is 35.5. The van der Waals surface area contributed by atoms with Crippen LogP contribution in [0.15, 0.2) is 30.6 Å². The molecule has 0 fully saturated rings. The zero-order valence-corrected chi connectivity index (χ0v) is 9.87. The highest BCUT2D eigenvalue weighted by Gasteiger charge is 2.03. The number of benzene rings is 1. The van der Waals surface area contributed by atoms with Crippen LogP contribution in [0.3, 0.4) is 0 Å². The van der Waals surface area contributed by atoms with Crippen molar-refractivity contribution >= 4 is 28.8 Å². The van der Waals surface area contributed by atoms with Crippen molar-refractivity contribution in [2.24, 2.45) is 5.73 Å². The van der Waals surface area contributed by atoms with Crippen molar-refractivity contribution in [3.63, 3.8) is 0 Å². The van der Waals surface area contributed by atoms with Gasteiger partial charge in [0.15, 0.2) is 0 Å². The topological polar surface area (TPSA) is 56.7 Å². The summed E-state index contributed by atoms with van der Waals surface area (Å²) in [5.74, 6) is 0.386. The van der Waals surface area contributed by atoms with E-state index in [9.17, 15) is 0 Å². The van der Waals surface area contributed by atoms with Crippen molar-refractivity contribution in [1.82, 2.24) is 14.8 Å². The smallest absolute Gasteiger partial charge is 0.208 e. The summed E-state index contributed by atoms with van der Waals surface area (Å²) >= 11 is 10.7. The molecule has 1 aromatic heterocycles. The molecule has 0 amide bonds.